The largest absolute Gasteiger partial charge is 0.312 e. The third-order valence-electron chi connectivity index (χ3n) is 5.43. The van der Waals surface area contributed by atoms with E-state index in [2.05, 4.69) is 24.3 Å². The summed E-state index contributed by atoms with van der Waals surface area (Å²) >= 11 is 0. The van der Waals surface area contributed by atoms with E-state index in [1.807, 2.05) is 0 Å². The van der Waals surface area contributed by atoms with Gasteiger partial charge in [-0.15, -0.1) is 0 Å². The van der Waals surface area contributed by atoms with Crippen molar-refractivity contribution in [3.8, 4) is 0 Å². The second kappa shape index (κ2) is 6.32. The second-order valence-electron chi connectivity index (χ2n) is 7.02. The summed E-state index contributed by atoms with van der Waals surface area (Å²) in [6.07, 6.45) is 10.3. The van der Waals surface area contributed by atoms with Gasteiger partial charge >= 0.3 is 0 Å². The van der Waals surface area contributed by atoms with Crippen molar-refractivity contribution in [2.45, 2.75) is 68.2 Å². The minimum Gasteiger partial charge on any atom is -0.312 e. The van der Waals surface area contributed by atoms with Crippen molar-refractivity contribution in [3.63, 3.8) is 0 Å². The van der Waals surface area contributed by atoms with Crippen LogP contribution in [0.15, 0.2) is 0 Å². The Morgan fingerprint density at radius 1 is 1.15 bits per heavy atom. The molecule has 2 atom stereocenters. The molecule has 118 valence electrons. The minimum atomic E-state index is -2.88. The maximum atomic E-state index is 11.7. The van der Waals surface area contributed by atoms with E-state index in [-0.39, 0.29) is 10.8 Å². The molecular weight excluding hydrogens is 272 g/mol. The molecule has 0 bridgehead atoms. The standard InChI is InChI=1S/C15H30N2O2S/c1-17(2)15(9-4-5-10-15)12-16-13-7-6-8-14(11-13)20(3,18)19/h13-14,16H,4-12H2,1-3H3. The summed E-state index contributed by atoms with van der Waals surface area (Å²) in [5.74, 6) is 0. The molecule has 0 aromatic heterocycles. The summed E-state index contributed by atoms with van der Waals surface area (Å²) in [7, 11) is 1.47. The smallest absolute Gasteiger partial charge is 0.150 e. The van der Waals surface area contributed by atoms with E-state index in [0.29, 0.717) is 6.04 Å². The Hall–Kier alpha value is -0.130. The lowest BCUT2D eigenvalue weighted by Crippen LogP contribution is -2.52. The van der Waals surface area contributed by atoms with Crippen molar-refractivity contribution in [3.05, 3.63) is 0 Å². The number of hydrogen-bond acceptors (Lipinski definition) is 4. The van der Waals surface area contributed by atoms with Crippen LogP contribution in [0.5, 0.6) is 0 Å². The molecule has 0 amide bonds. The first-order valence-corrected chi connectivity index (χ1v) is 9.89. The van der Waals surface area contributed by atoms with E-state index in [1.165, 1.54) is 31.9 Å². The fourth-order valence-corrected chi connectivity index (χ4v) is 5.05. The molecular formula is C15H30N2O2S. The number of nitrogens with zero attached hydrogens (tertiary/aromatic N) is 1. The highest BCUT2D eigenvalue weighted by atomic mass is 32.2. The van der Waals surface area contributed by atoms with Gasteiger partial charge in [0.05, 0.1) is 5.25 Å². The van der Waals surface area contributed by atoms with Crippen LogP contribution in [-0.2, 0) is 9.84 Å². The van der Waals surface area contributed by atoms with Crippen LogP contribution in [0, 0.1) is 0 Å². The first-order chi connectivity index (χ1) is 9.33. The van der Waals surface area contributed by atoms with Crippen molar-refractivity contribution in [2.24, 2.45) is 0 Å². The zero-order valence-corrected chi connectivity index (χ0v) is 14.0. The Kier molecular flexibility index (Phi) is 5.14. The summed E-state index contributed by atoms with van der Waals surface area (Å²) in [5.41, 5.74) is 0.290. The number of hydrogen-bond donors (Lipinski definition) is 1. The Morgan fingerprint density at radius 2 is 1.80 bits per heavy atom. The average Bonchev–Trinajstić information content (AvgIpc) is 2.86. The lowest BCUT2D eigenvalue weighted by atomic mass is 9.92. The van der Waals surface area contributed by atoms with Gasteiger partial charge in [-0.25, -0.2) is 8.42 Å². The third-order valence-corrected chi connectivity index (χ3v) is 7.07. The fraction of sp³-hybridized carbons (Fsp3) is 1.00. The highest BCUT2D eigenvalue weighted by Crippen LogP contribution is 2.33. The first kappa shape index (κ1) is 16.2. The van der Waals surface area contributed by atoms with Gasteiger partial charge in [-0.2, -0.15) is 0 Å². The van der Waals surface area contributed by atoms with Crippen molar-refractivity contribution in [2.75, 3.05) is 26.9 Å². The van der Waals surface area contributed by atoms with E-state index >= 15 is 0 Å². The van der Waals surface area contributed by atoms with Crippen molar-refractivity contribution in [1.82, 2.24) is 10.2 Å². The molecule has 0 aromatic rings. The molecule has 0 spiro atoms. The predicted molar refractivity (Wildman–Crippen MR) is 83.8 cm³/mol. The molecule has 0 radical (unpaired) electrons. The van der Waals surface area contributed by atoms with Gasteiger partial charge in [0.2, 0.25) is 0 Å². The van der Waals surface area contributed by atoms with Crippen molar-refractivity contribution in [1.29, 1.82) is 0 Å². The number of rotatable bonds is 5. The molecule has 1 N–H and O–H groups in total. The van der Waals surface area contributed by atoms with Crippen LogP contribution in [0.1, 0.15) is 51.4 Å². The molecule has 0 aliphatic heterocycles. The molecule has 2 aliphatic carbocycles. The maximum Gasteiger partial charge on any atom is 0.150 e. The molecule has 4 nitrogen and oxygen atoms in total. The lowest BCUT2D eigenvalue weighted by Gasteiger charge is -2.39. The minimum absolute atomic E-state index is 0.132. The molecule has 5 heteroatoms. The van der Waals surface area contributed by atoms with Crippen LogP contribution >= 0.6 is 0 Å². The van der Waals surface area contributed by atoms with Gasteiger partial charge in [0.1, 0.15) is 9.84 Å². The molecule has 2 aliphatic rings. The summed E-state index contributed by atoms with van der Waals surface area (Å²) in [6.45, 7) is 1.00. The van der Waals surface area contributed by atoms with E-state index in [1.54, 1.807) is 0 Å². The van der Waals surface area contributed by atoms with Gasteiger partial charge in [-0.1, -0.05) is 19.3 Å². The monoisotopic (exact) mass is 302 g/mol. The van der Waals surface area contributed by atoms with Gasteiger partial charge in [-0.3, -0.25) is 0 Å². The second-order valence-corrected chi connectivity index (χ2v) is 9.35. The lowest BCUT2D eigenvalue weighted by molar-refractivity contribution is 0.145. The Labute approximate surface area is 124 Å². The number of likely N-dealkylation sites (N-methyl/N-ethyl adjacent to an activating group) is 1. The zero-order chi connectivity index (χ0) is 14.8. The summed E-state index contributed by atoms with van der Waals surface area (Å²) in [6, 6.07) is 0.376. The van der Waals surface area contributed by atoms with Crippen LogP contribution in [-0.4, -0.2) is 57.0 Å². The fourth-order valence-electron chi connectivity index (χ4n) is 3.87. The van der Waals surface area contributed by atoms with Gasteiger partial charge in [0, 0.05) is 24.4 Å². The van der Waals surface area contributed by atoms with Gasteiger partial charge in [-0.05, 0) is 46.2 Å². The highest BCUT2D eigenvalue weighted by Gasteiger charge is 2.37. The SMILES string of the molecule is CN(C)C1(CNC2CCCC(S(C)(=O)=O)C2)CCCC1. The van der Waals surface area contributed by atoms with Gasteiger partial charge in [0.25, 0.3) is 0 Å². The van der Waals surface area contributed by atoms with Crippen LogP contribution in [0.3, 0.4) is 0 Å². The predicted octanol–water partition coefficient (Wildman–Crippen LogP) is 1.81. The normalized spacial score (nSPS) is 30.8. The number of sulfone groups is 1. The average molecular weight is 302 g/mol. The van der Waals surface area contributed by atoms with E-state index in [0.717, 1.165) is 32.2 Å². The molecule has 20 heavy (non-hydrogen) atoms. The third kappa shape index (κ3) is 3.74. The van der Waals surface area contributed by atoms with E-state index < -0.39 is 9.84 Å². The van der Waals surface area contributed by atoms with Crippen molar-refractivity contribution < 1.29 is 8.42 Å². The maximum absolute atomic E-state index is 11.7. The van der Waals surface area contributed by atoms with E-state index in [9.17, 15) is 8.42 Å². The Bertz CT molecular complexity index is 414. The molecule has 2 saturated carbocycles. The van der Waals surface area contributed by atoms with E-state index in [4.69, 9.17) is 0 Å². The molecule has 0 aromatic carbocycles. The summed E-state index contributed by atoms with van der Waals surface area (Å²) < 4.78 is 23.5. The zero-order valence-electron chi connectivity index (χ0n) is 13.2. The Morgan fingerprint density at radius 3 is 2.35 bits per heavy atom. The van der Waals surface area contributed by atoms with Gasteiger partial charge in [0.15, 0.2) is 0 Å². The first-order valence-electron chi connectivity index (χ1n) is 7.93. The molecule has 0 saturated heterocycles. The molecule has 0 heterocycles. The van der Waals surface area contributed by atoms with Gasteiger partial charge < -0.3 is 10.2 Å². The summed E-state index contributed by atoms with van der Waals surface area (Å²) in [4.78, 5) is 2.36. The molecule has 2 unspecified atom stereocenters. The van der Waals surface area contributed by atoms with Crippen LogP contribution < -0.4 is 5.32 Å². The van der Waals surface area contributed by atoms with Crippen molar-refractivity contribution >= 4 is 9.84 Å². The summed E-state index contributed by atoms with van der Waals surface area (Å²) in [5, 5.41) is 3.55. The van der Waals surface area contributed by atoms with Crippen LogP contribution in [0.4, 0.5) is 0 Å². The highest BCUT2D eigenvalue weighted by molar-refractivity contribution is 7.91. The topological polar surface area (TPSA) is 49.4 Å². The quantitative estimate of drug-likeness (QED) is 0.841. The van der Waals surface area contributed by atoms with Crippen LogP contribution in [0.2, 0.25) is 0 Å². The number of nitrogens with one attached hydrogen (secondary N) is 1. The molecule has 2 rings (SSSR count). The van der Waals surface area contributed by atoms with Crippen LogP contribution in [0.25, 0.3) is 0 Å². The Balaban J connectivity index is 1.90. The molecule has 2 fully saturated rings.